The lowest BCUT2D eigenvalue weighted by atomic mass is 10.2. The minimum absolute atomic E-state index is 0.0796. The summed E-state index contributed by atoms with van der Waals surface area (Å²) in [6.45, 7) is 2.15. The minimum Gasteiger partial charge on any atom is -0.325 e. The Kier molecular flexibility index (Phi) is 6.99. The van der Waals surface area contributed by atoms with Crippen molar-refractivity contribution in [3.05, 3.63) is 57.5 Å². The molecule has 5 nitrogen and oxygen atoms in total. The highest BCUT2D eigenvalue weighted by Gasteiger charge is 2.12. The summed E-state index contributed by atoms with van der Waals surface area (Å²) in [7, 11) is 1.71. The van der Waals surface area contributed by atoms with Crippen LogP contribution in [-0.4, -0.2) is 36.9 Å². The average molecular weight is 425 g/mol. The molecular weight excluding hydrogens is 406 g/mol. The van der Waals surface area contributed by atoms with E-state index < -0.39 is 0 Å². The highest BCUT2D eigenvalue weighted by molar-refractivity contribution is 9.10. The molecule has 2 aromatic carbocycles. The number of aryl methyl sites for hydroxylation is 1. The van der Waals surface area contributed by atoms with Gasteiger partial charge in [0.25, 0.3) is 0 Å². The third kappa shape index (κ3) is 6.16. The number of hydrogen-bond acceptors (Lipinski definition) is 3. The molecule has 2 rings (SSSR count). The molecule has 0 radical (unpaired) electrons. The molecule has 0 heterocycles. The maximum Gasteiger partial charge on any atom is 0.238 e. The van der Waals surface area contributed by atoms with E-state index in [0.29, 0.717) is 16.4 Å². The van der Waals surface area contributed by atoms with Crippen LogP contribution < -0.4 is 10.6 Å². The van der Waals surface area contributed by atoms with Gasteiger partial charge >= 0.3 is 0 Å². The number of carbonyl (C=O) groups excluding carboxylic acids is 2. The summed E-state index contributed by atoms with van der Waals surface area (Å²) in [4.78, 5) is 25.8. The summed E-state index contributed by atoms with van der Waals surface area (Å²) in [5, 5.41) is 6.01. The first-order valence-corrected chi connectivity index (χ1v) is 8.81. The van der Waals surface area contributed by atoms with Crippen molar-refractivity contribution in [3.63, 3.8) is 0 Å². The first-order chi connectivity index (χ1) is 11.8. The maximum absolute atomic E-state index is 12.1. The average Bonchev–Trinajstić information content (AvgIpc) is 2.52. The number of nitrogens with one attached hydrogen (secondary N) is 2. The van der Waals surface area contributed by atoms with Gasteiger partial charge in [-0.1, -0.05) is 45.7 Å². The Bertz CT molecular complexity index is 783. The molecular formula is C18H19BrClN3O2. The predicted octanol–water partition coefficient (Wildman–Crippen LogP) is 3.92. The van der Waals surface area contributed by atoms with Crippen molar-refractivity contribution in [2.45, 2.75) is 6.92 Å². The highest BCUT2D eigenvalue weighted by atomic mass is 79.9. The molecule has 0 fully saturated rings. The number of amides is 2. The van der Waals surface area contributed by atoms with Crippen LogP contribution in [0, 0.1) is 6.92 Å². The molecule has 0 spiro atoms. The molecule has 0 saturated heterocycles. The van der Waals surface area contributed by atoms with Gasteiger partial charge in [-0.05, 0) is 43.8 Å². The number of nitrogens with zero attached hydrogens (tertiary/aromatic N) is 1. The van der Waals surface area contributed by atoms with Crippen molar-refractivity contribution >= 4 is 50.7 Å². The van der Waals surface area contributed by atoms with Crippen molar-refractivity contribution in [1.82, 2.24) is 4.90 Å². The molecule has 0 aromatic heterocycles. The third-order valence-electron chi connectivity index (χ3n) is 3.43. The van der Waals surface area contributed by atoms with E-state index in [2.05, 4.69) is 26.6 Å². The molecule has 0 aliphatic heterocycles. The SMILES string of the molecule is Cc1ccc(NC(=O)CN(C)CC(=O)Nc2ccccc2Cl)cc1Br. The minimum atomic E-state index is -0.235. The van der Waals surface area contributed by atoms with Gasteiger partial charge < -0.3 is 10.6 Å². The number of anilines is 2. The second-order valence-electron chi connectivity index (χ2n) is 5.71. The predicted molar refractivity (Wildman–Crippen MR) is 105 cm³/mol. The number of carbonyl (C=O) groups is 2. The molecule has 132 valence electrons. The number of rotatable bonds is 6. The van der Waals surface area contributed by atoms with Gasteiger partial charge in [0.1, 0.15) is 0 Å². The summed E-state index contributed by atoms with van der Waals surface area (Å²) < 4.78 is 0.928. The van der Waals surface area contributed by atoms with E-state index in [4.69, 9.17) is 11.6 Å². The first-order valence-electron chi connectivity index (χ1n) is 7.64. The standard InChI is InChI=1S/C18H19BrClN3O2/c1-12-7-8-13(9-14(12)19)21-17(24)10-23(2)11-18(25)22-16-6-4-3-5-15(16)20/h3-9H,10-11H2,1-2H3,(H,21,24)(H,22,25). The van der Waals surface area contributed by atoms with Crippen molar-refractivity contribution in [2.24, 2.45) is 0 Å². The quantitative estimate of drug-likeness (QED) is 0.739. The number of benzene rings is 2. The fourth-order valence-corrected chi connectivity index (χ4v) is 2.73. The van der Waals surface area contributed by atoms with Gasteiger partial charge in [-0.25, -0.2) is 0 Å². The highest BCUT2D eigenvalue weighted by Crippen LogP contribution is 2.21. The van der Waals surface area contributed by atoms with E-state index in [1.807, 2.05) is 25.1 Å². The van der Waals surface area contributed by atoms with Crippen molar-refractivity contribution in [3.8, 4) is 0 Å². The van der Waals surface area contributed by atoms with Crippen LogP contribution in [0.4, 0.5) is 11.4 Å². The normalized spacial score (nSPS) is 10.6. The van der Waals surface area contributed by atoms with Crippen LogP contribution in [0.5, 0.6) is 0 Å². The molecule has 2 aromatic rings. The molecule has 0 bridgehead atoms. The van der Waals surface area contributed by atoms with E-state index in [9.17, 15) is 9.59 Å². The third-order valence-corrected chi connectivity index (χ3v) is 4.61. The van der Waals surface area contributed by atoms with Crippen LogP contribution in [0.2, 0.25) is 5.02 Å². The van der Waals surface area contributed by atoms with Gasteiger partial charge in [-0.15, -0.1) is 0 Å². The summed E-state index contributed by atoms with van der Waals surface area (Å²) in [5.41, 5.74) is 2.35. The molecule has 7 heteroatoms. The number of likely N-dealkylation sites (N-methyl/N-ethyl adjacent to an activating group) is 1. The fraction of sp³-hybridized carbons (Fsp3) is 0.222. The Morgan fingerprint density at radius 1 is 1.08 bits per heavy atom. The topological polar surface area (TPSA) is 61.4 Å². The molecule has 2 N–H and O–H groups in total. The maximum atomic E-state index is 12.1. The summed E-state index contributed by atoms with van der Waals surface area (Å²) >= 11 is 9.44. The van der Waals surface area contributed by atoms with Gasteiger partial charge in [0.15, 0.2) is 0 Å². The molecule has 2 amide bonds. The second kappa shape index (κ2) is 8.99. The van der Waals surface area contributed by atoms with Gasteiger partial charge in [0.05, 0.1) is 23.8 Å². The van der Waals surface area contributed by atoms with Gasteiger partial charge in [0.2, 0.25) is 11.8 Å². The van der Waals surface area contributed by atoms with Gasteiger partial charge in [-0.3, -0.25) is 14.5 Å². The van der Waals surface area contributed by atoms with E-state index in [1.165, 1.54) is 0 Å². The zero-order valence-corrected chi connectivity index (χ0v) is 16.3. The lowest BCUT2D eigenvalue weighted by Gasteiger charge is -2.16. The fourth-order valence-electron chi connectivity index (χ4n) is 2.17. The van der Waals surface area contributed by atoms with Crippen LogP contribution >= 0.6 is 27.5 Å². The molecule has 0 unspecified atom stereocenters. The Hall–Kier alpha value is -1.89. The summed E-state index contributed by atoms with van der Waals surface area (Å²) in [6, 6.07) is 12.6. The summed E-state index contributed by atoms with van der Waals surface area (Å²) in [6.07, 6.45) is 0. The molecule has 0 aliphatic rings. The monoisotopic (exact) mass is 423 g/mol. The largest absolute Gasteiger partial charge is 0.325 e. The smallest absolute Gasteiger partial charge is 0.238 e. The van der Waals surface area contributed by atoms with Gasteiger partial charge in [0, 0.05) is 10.2 Å². The van der Waals surface area contributed by atoms with E-state index in [-0.39, 0.29) is 24.9 Å². The molecule has 0 atom stereocenters. The zero-order chi connectivity index (χ0) is 18.4. The Balaban J connectivity index is 1.83. The van der Waals surface area contributed by atoms with Crippen LogP contribution in [-0.2, 0) is 9.59 Å². The number of para-hydroxylation sites is 1. The Morgan fingerprint density at radius 2 is 1.72 bits per heavy atom. The van der Waals surface area contributed by atoms with Gasteiger partial charge in [-0.2, -0.15) is 0 Å². The molecule has 25 heavy (non-hydrogen) atoms. The lowest BCUT2D eigenvalue weighted by molar-refractivity contribution is -0.119. The van der Waals surface area contributed by atoms with E-state index >= 15 is 0 Å². The Labute approximate surface area is 160 Å². The zero-order valence-electron chi connectivity index (χ0n) is 14.0. The van der Waals surface area contributed by atoms with Crippen molar-refractivity contribution in [2.75, 3.05) is 30.8 Å². The van der Waals surface area contributed by atoms with Crippen LogP contribution in [0.15, 0.2) is 46.9 Å². The second-order valence-corrected chi connectivity index (χ2v) is 6.97. The molecule has 0 aliphatic carbocycles. The number of halogens is 2. The van der Waals surface area contributed by atoms with Crippen LogP contribution in [0.3, 0.4) is 0 Å². The van der Waals surface area contributed by atoms with Crippen molar-refractivity contribution in [1.29, 1.82) is 0 Å². The molecule has 0 saturated carbocycles. The Morgan fingerprint density at radius 3 is 2.36 bits per heavy atom. The van der Waals surface area contributed by atoms with Crippen LogP contribution in [0.1, 0.15) is 5.56 Å². The van der Waals surface area contributed by atoms with Crippen LogP contribution in [0.25, 0.3) is 0 Å². The summed E-state index contributed by atoms with van der Waals surface area (Å²) in [5.74, 6) is -0.426. The van der Waals surface area contributed by atoms with Crippen molar-refractivity contribution < 1.29 is 9.59 Å². The van der Waals surface area contributed by atoms with E-state index in [0.717, 1.165) is 10.0 Å². The first kappa shape index (κ1) is 19.4. The lowest BCUT2D eigenvalue weighted by Crippen LogP contribution is -2.36. The van der Waals surface area contributed by atoms with E-state index in [1.54, 1.807) is 36.2 Å². The number of hydrogen-bond donors (Lipinski definition) is 2.